The molecule has 2 N–H and O–H groups in total. The fourth-order valence-corrected chi connectivity index (χ4v) is 5.65. The van der Waals surface area contributed by atoms with Gasteiger partial charge >= 0.3 is 0 Å². The van der Waals surface area contributed by atoms with Gasteiger partial charge in [0, 0.05) is 35.8 Å². The first-order valence-corrected chi connectivity index (χ1v) is 14.7. The Hall–Kier alpha value is -4.83. The Balaban J connectivity index is 1.17. The molecule has 0 saturated heterocycles. The summed E-state index contributed by atoms with van der Waals surface area (Å²) >= 11 is 6.38. The van der Waals surface area contributed by atoms with E-state index < -0.39 is 17.1 Å². The lowest BCUT2D eigenvalue weighted by atomic mass is 9.91. The number of hydrogen-bond acceptors (Lipinski definition) is 6. The minimum atomic E-state index is -2.37. The molecule has 2 aliphatic carbocycles. The van der Waals surface area contributed by atoms with Crippen molar-refractivity contribution in [1.82, 2.24) is 25.0 Å². The highest BCUT2D eigenvalue weighted by Gasteiger charge is 2.43. The van der Waals surface area contributed by atoms with Crippen molar-refractivity contribution in [3.8, 4) is 0 Å². The number of pyridine rings is 1. The molecular formula is C33H30ClFN6O3. The Morgan fingerprint density at radius 3 is 2.59 bits per heavy atom. The summed E-state index contributed by atoms with van der Waals surface area (Å²) in [6.07, 6.45) is 9.62. The second-order valence-electron chi connectivity index (χ2n) is 10.9. The number of rotatable bonds is 10. The molecule has 2 aliphatic rings. The number of carbonyl (C=O) groups excluding carboxylic acids is 3. The summed E-state index contributed by atoms with van der Waals surface area (Å²) in [6.45, 7) is 0.995. The molecule has 11 heteroatoms. The Morgan fingerprint density at radius 2 is 1.89 bits per heavy atom. The van der Waals surface area contributed by atoms with Crippen molar-refractivity contribution in [2.75, 3.05) is 11.9 Å². The van der Waals surface area contributed by atoms with E-state index in [9.17, 15) is 14.4 Å². The van der Waals surface area contributed by atoms with Gasteiger partial charge in [0.25, 0.3) is 0 Å². The quantitative estimate of drug-likeness (QED) is 0.183. The maximum Gasteiger partial charge on any atom is 0.245 e. The molecule has 2 heterocycles. The Morgan fingerprint density at radius 1 is 1.09 bits per heavy atom. The van der Waals surface area contributed by atoms with Crippen molar-refractivity contribution < 1.29 is 18.8 Å². The van der Waals surface area contributed by atoms with Crippen molar-refractivity contribution in [2.24, 2.45) is 0 Å². The number of allylic oxidation sites excluding steroid dienone is 2. The van der Waals surface area contributed by atoms with Crippen LogP contribution in [0.15, 0.2) is 91.3 Å². The maximum absolute atomic E-state index is 15.9. The molecule has 9 nitrogen and oxygen atoms in total. The molecule has 1 saturated carbocycles. The topological polar surface area (TPSA) is 109 Å². The largest absolute Gasteiger partial charge is 0.354 e. The van der Waals surface area contributed by atoms with Crippen LogP contribution in [0.5, 0.6) is 0 Å². The third kappa shape index (κ3) is 6.12. The van der Waals surface area contributed by atoms with Gasteiger partial charge in [-0.1, -0.05) is 60.2 Å². The zero-order valence-electron chi connectivity index (χ0n) is 23.9. The zero-order chi connectivity index (χ0) is 30.8. The van der Waals surface area contributed by atoms with Crippen LogP contribution >= 0.6 is 11.6 Å². The van der Waals surface area contributed by atoms with Crippen LogP contribution in [0.2, 0.25) is 0 Å². The molecule has 2 unspecified atom stereocenters. The number of halogens is 2. The van der Waals surface area contributed by atoms with Crippen LogP contribution in [0.25, 0.3) is 16.5 Å². The van der Waals surface area contributed by atoms with Gasteiger partial charge in [0.2, 0.25) is 16.9 Å². The highest BCUT2D eigenvalue weighted by atomic mass is 35.5. The number of Topliss-reactive ketones (excluding diaryl/α,β-unsaturated/α-hetero) is 1. The Kier molecular flexibility index (Phi) is 8.01. The van der Waals surface area contributed by atoms with E-state index in [1.165, 1.54) is 22.6 Å². The number of nitrogens with zero attached hydrogens (tertiary/aromatic N) is 4. The molecule has 2 aromatic heterocycles. The van der Waals surface area contributed by atoms with Gasteiger partial charge in [-0.15, -0.1) is 0 Å². The molecule has 0 radical (unpaired) electrons. The zero-order valence-corrected chi connectivity index (χ0v) is 24.7. The van der Waals surface area contributed by atoms with Crippen LogP contribution in [0.3, 0.4) is 0 Å². The third-order valence-corrected chi connectivity index (χ3v) is 8.10. The summed E-state index contributed by atoms with van der Waals surface area (Å²) in [5.74, 6) is -1.10. The summed E-state index contributed by atoms with van der Waals surface area (Å²) in [5.41, 5.74) is 3.23. The van der Waals surface area contributed by atoms with Crippen molar-refractivity contribution in [1.29, 1.82) is 0 Å². The normalized spacial score (nSPS) is 19.3. The van der Waals surface area contributed by atoms with Gasteiger partial charge in [0.1, 0.15) is 18.3 Å². The number of carbonyl (C=O) groups is 3. The highest BCUT2D eigenvalue weighted by molar-refractivity contribution is 6.30. The summed E-state index contributed by atoms with van der Waals surface area (Å²) in [4.78, 5) is 44.8. The lowest BCUT2D eigenvalue weighted by Gasteiger charge is -2.32. The van der Waals surface area contributed by atoms with Crippen LogP contribution in [-0.4, -0.2) is 61.0 Å². The van der Waals surface area contributed by atoms with Crippen LogP contribution in [-0.2, 0) is 16.1 Å². The number of ketones is 1. The highest BCUT2D eigenvalue weighted by Crippen LogP contribution is 2.40. The number of anilines is 2. The van der Waals surface area contributed by atoms with Crippen LogP contribution in [0, 0.1) is 0 Å². The number of nitrogens with one attached hydrogen (secondary N) is 2. The maximum atomic E-state index is 15.9. The van der Waals surface area contributed by atoms with Crippen LogP contribution < -0.4 is 10.6 Å². The lowest BCUT2D eigenvalue weighted by Crippen LogP contribution is -2.51. The molecule has 1 fully saturated rings. The molecule has 44 heavy (non-hydrogen) atoms. The van der Waals surface area contributed by atoms with E-state index in [1.807, 2.05) is 30.3 Å². The minimum absolute atomic E-state index is 0.106. The molecular weight excluding hydrogens is 583 g/mol. The second kappa shape index (κ2) is 12.0. The molecule has 4 aromatic rings. The summed E-state index contributed by atoms with van der Waals surface area (Å²) in [7, 11) is 0. The average Bonchev–Trinajstić information content (AvgIpc) is 3.79. The number of amides is 2. The summed E-state index contributed by atoms with van der Waals surface area (Å²) < 4.78 is 17.4. The SMILES string of the molecule is CC(=O)c1nn(CC(=O)N(CC(=O)NC2C=CC=C(c3ccccc3)C2(F)Cl)C2CC2)c2ccc(Nc3cccnc3)cc12. The number of benzene rings is 2. The standard InChI is InChI=1S/C33H30ClFN6O3/c1-21(42)32-26-17-23(37-24-9-6-16-36-18-24)12-15-28(26)41(39-32)20-31(44)40(25-13-14-25)19-30(43)38-29-11-5-10-27(33(29,34)35)22-7-3-2-4-8-22/h2-12,15-18,25,29,37H,13-14,19-20H2,1H3,(H,38,43). The first-order valence-electron chi connectivity index (χ1n) is 14.3. The molecule has 0 aliphatic heterocycles. The van der Waals surface area contributed by atoms with E-state index in [0.717, 1.165) is 24.2 Å². The van der Waals surface area contributed by atoms with E-state index in [0.29, 0.717) is 16.5 Å². The van der Waals surface area contributed by atoms with Gasteiger partial charge in [-0.05, 0) is 48.7 Å². The molecule has 2 atom stereocenters. The fourth-order valence-electron chi connectivity index (χ4n) is 5.35. The van der Waals surface area contributed by atoms with E-state index in [2.05, 4.69) is 20.7 Å². The lowest BCUT2D eigenvalue weighted by molar-refractivity contribution is -0.137. The Labute approximate surface area is 258 Å². The number of fused-ring (bicyclic) bond motifs is 1. The van der Waals surface area contributed by atoms with E-state index in [4.69, 9.17) is 11.6 Å². The molecule has 2 amide bonds. The van der Waals surface area contributed by atoms with Crippen molar-refractivity contribution >= 4 is 57.0 Å². The van der Waals surface area contributed by atoms with Gasteiger partial charge < -0.3 is 15.5 Å². The summed E-state index contributed by atoms with van der Waals surface area (Å²) in [6, 6.07) is 16.8. The third-order valence-electron chi connectivity index (χ3n) is 7.66. The van der Waals surface area contributed by atoms with E-state index >= 15 is 4.39 Å². The first kappa shape index (κ1) is 29.3. The monoisotopic (exact) mass is 612 g/mol. The van der Waals surface area contributed by atoms with E-state index in [-0.39, 0.29) is 42.1 Å². The van der Waals surface area contributed by atoms with Crippen LogP contribution in [0.4, 0.5) is 15.8 Å². The molecule has 0 bridgehead atoms. The molecule has 0 spiro atoms. The number of aromatic nitrogens is 3. The van der Waals surface area contributed by atoms with Gasteiger partial charge in [-0.2, -0.15) is 5.10 Å². The Bertz CT molecular complexity index is 1780. The molecule has 6 rings (SSSR count). The average molecular weight is 613 g/mol. The van der Waals surface area contributed by atoms with Gasteiger partial charge in [0.05, 0.1) is 23.9 Å². The molecule has 2 aromatic carbocycles. The smallest absolute Gasteiger partial charge is 0.245 e. The fraction of sp³-hybridized carbons (Fsp3) is 0.242. The van der Waals surface area contributed by atoms with Gasteiger partial charge in [0.15, 0.2) is 5.78 Å². The number of alkyl halides is 2. The molecule has 224 valence electrons. The van der Waals surface area contributed by atoms with Crippen molar-refractivity contribution in [3.63, 3.8) is 0 Å². The van der Waals surface area contributed by atoms with Crippen molar-refractivity contribution in [2.45, 2.75) is 43.5 Å². The minimum Gasteiger partial charge on any atom is -0.354 e. The van der Waals surface area contributed by atoms with Gasteiger partial charge in [-0.3, -0.25) is 24.0 Å². The van der Waals surface area contributed by atoms with Gasteiger partial charge in [-0.25, -0.2) is 4.39 Å². The predicted molar refractivity (Wildman–Crippen MR) is 167 cm³/mol. The predicted octanol–water partition coefficient (Wildman–Crippen LogP) is 5.41. The summed E-state index contributed by atoms with van der Waals surface area (Å²) in [5, 5.41) is 8.61. The second-order valence-corrected chi connectivity index (χ2v) is 11.5. The van der Waals surface area contributed by atoms with E-state index in [1.54, 1.807) is 54.9 Å². The first-order chi connectivity index (χ1) is 21.2. The number of hydrogen-bond donors (Lipinski definition) is 2. The van der Waals surface area contributed by atoms with Crippen LogP contribution in [0.1, 0.15) is 35.8 Å². The van der Waals surface area contributed by atoms with Crippen molar-refractivity contribution in [3.05, 3.63) is 103 Å².